The number of hydrogen-bond acceptors (Lipinski definition) is 8. The van der Waals surface area contributed by atoms with Crippen LogP contribution in [-0.2, 0) is 5.75 Å². The molecule has 1 aliphatic rings. The van der Waals surface area contributed by atoms with Gasteiger partial charge in [-0.3, -0.25) is 0 Å². The fraction of sp³-hybridized carbons (Fsp3) is 0.353. The molecule has 25 heavy (non-hydrogen) atoms. The maximum absolute atomic E-state index is 10.0. The van der Waals surface area contributed by atoms with E-state index in [0.717, 1.165) is 35.7 Å². The molecule has 0 amide bonds. The number of thioether (sulfide) groups is 1. The number of aromatic nitrogens is 3. The van der Waals surface area contributed by atoms with Crippen LogP contribution in [0.5, 0.6) is 0 Å². The second-order valence-electron chi connectivity index (χ2n) is 6.05. The Labute approximate surface area is 154 Å². The highest BCUT2D eigenvalue weighted by molar-refractivity contribution is 7.98. The molecule has 0 spiro atoms. The molecule has 8 heteroatoms. The predicted octanol–water partition coefficient (Wildman–Crippen LogP) is 2.92. The van der Waals surface area contributed by atoms with Crippen molar-refractivity contribution in [3.05, 3.63) is 35.9 Å². The van der Waals surface area contributed by atoms with Crippen LogP contribution in [0.1, 0.15) is 18.4 Å². The standard InChI is InChI=1S/C17H19N5OS2/c18-16-19-14-13(25-16)15(22-8-4-7-12(23)9-22)21-17(20-14)24-10-11-5-2-1-3-6-11/h1-3,5-6,12,23H,4,7-10H2,(H2,18,19,20,21). The van der Waals surface area contributed by atoms with Gasteiger partial charge in [0.1, 0.15) is 4.70 Å². The molecule has 1 atom stereocenters. The topological polar surface area (TPSA) is 88.2 Å². The first-order valence-corrected chi connectivity index (χ1v) is 10.0. The SMILES string of the molecule is Nc1nc2nc(SCc3ccccc3)nc(N3CCCC(O)C3)c2s1. The zero-order chi connectivity index (χ0) is 17.2. The van der Waals surface area contributed by atoms with Crippen LogP contribution in [0.25, 0.3) is 10.3 Å². The van der Waals surface area contributed by atoms with Crippen molar-refractivity contribution >= 4 is 44.4 Å². The van der Waals surface area contributed by atoms with Gasteiger partial charge in [-0.05, 0) is 18.4 Å². The van der Waals surface area contributed by atoms with Crippen LogP contribution >= 0.6 is 23.1 Å². The van der Waals surface area contributed by atoms with E-state index in [4.69, 9.17) is 10.7 Å². The van der Waals surface area contributed by atoms with Gasteiger partial charge in [0.2, 0.25) is 0 Å². The molecule has 130 valence electrons. The van der Waals surface area contributed by atoms with Crippen molar-refractivity contribution in [2.75, 3.05) is 23.7 Å². The summed E-state index contributed by atoms with van der Waals surface area (Å²) >= 11 is 2.99. The third-order valence-electron chi connectivity index (χ3n) is 4.14. The average Bonchev–Trinajstić information content (AvgIpc) is 3.00. The number of aliphatic hydroxyl groups is 1. The van der Waals surface area contributed by atoms with Gasteiger partial charge in [0, 0.05) is 18.8 Å². The van der Waals surface area contributed by atoms with Crippen LogP contribution in [0.15, 0.2) is 35.5 Å². The van der Waals surface area contributed by atoms with Crippen molar-refractivity contribution in [2.24, 2.45) is 0 Å². The zero-order valence-corrected chi connectivity index (χ0v) is 15.3. The Kier molecular flexibility index (Phi) is 4.74. The summed E-state index contributed by atoms with van der Waals surface area (Å²) in [7, 11) is 0. The lowest BCUT2D eigenvalue weighted by Crippen LogP contribution is -2.38. The van der Waals surface area contributed by atoms with Crippen molar-refractivity contribution in [3.63, 3.8) is 0 Å². The van der Waals surface area contributed by atoms with Gasteiger partial charge in [0.25, 0.3) is 0 Å². The fourth-order valence-corrected chi connectivity index (χ4v) is 4.53. The van der Waals surface area contributed by atoms with E-state index in [1.807, 2.05) is 18.2 Å². The first-order chi connectivity index (χ1) is 12.2. The molecule has 3 N–H and O–H groups in total. The molecule has 0 aliphatic carbocycles. The highest BCUT2D eigenvalue weighted by Gasteiger charge is 2.23. The quantitative estimate of drug-likeness (QED) is 0.537. The molecule has 0 saturated carbocycles. The Morgan fingerprint density at radius 2 is 2.08 bits per heavy atom. The maximum atomic E-state index is 10.0. The molecule has 0 bridgehead atoms. The molecule has 1 aliphatic heterocycles. The number of nitrogens with two attached hydrogens (primary N) is 1. The third-order valence-corrected chi connectivity index (χ3v) is 5.93. The second-order valence-corrected chi connectivity index (χ2v) is 8.02. The minimum Gasteiger partial charge on any atom is -0.391 e. The van der Waals surface area contributed by atoms with E-state index in [2.05, 4.69) is 27.0 Å². The smallest absolute Gasteiger partial charge is 0.191 e. The molecule has 1 unspecified atom stereocenters. The lowest BCUT2D eigenvalue weighted by Gasteiger charge is -2.31. The lowest BCUT2D eigenvalue weighted by atomic mass is 10.1. The fourth-order valence-electron chi connectivity index (χ4n) is 2.95. The number of thiazole rings is 1. The van der Waals surface area contributed by atoms with E-state index in [1.165, 1.54) is 16.9 Å². The van der Waals surface area contributed by atoms with Gasteiger partial charge in [0.05, 0.1) is 6.10 Å². The van der Waals surface area contributed by atoms with E-state index in [-0.39, 0.29) is 6.10 Å². The minimum atomic E-state index is -0.315. The number of fused-ring (bicyclic) bond motifs is 1. The number of aliphatic hydroxyl groups excluding tert-OH is 1. The largest absolute Gasteiger partial charge is 0.391 e. The Hall–Kier alpha value is -1.90. The highest BCUT2D eigenvalue weighted by atomic mass is 32.2. The second kappa shape index (κ2) is 7.15. The average molecular weight is 374 g/mol. The van der Waals surface area contributed by atoms with Gasteiger partial charge in [-0.2, -0.15) is 0 Å². The number of nitrogens with zero attached hydrogens (tertiary/aromatic N) is 4. The summed E-state index contributed by atoms with van der Waals surface area (Å²) in [6.07, 6.45) is 1.47. The predicted molar refractivity (Wildman–Crippen MR) is 103 cm³/mol. The molecule has 1 aromatic carbocycles. The summed E-state index contributed by atoms with van der Waals surface area (Å²) in [6.45, 7) is 1.47. The Bertz CT molecular complexity index is 870. The van der Waals surface area contributed by atoms with Crippen LogP contribution in [0, 0.1) is 0 Å². The Morgan fingerprint density at radius 3 is 2.88 bits per heavy atom. The Morgan fingerprint density at radius 1 is 1.24 bits per heavy atom. The van der Waals surface area contributed by atoms with Crippen molar-refractivity contribution in [3.8, 4) is 0 Å². The summed E-state index contributed by atoms with van der Waals surface area (Å²) in [5.74, 6) is 1.64. The van der Waals surface area contributed by atoms with Crippen LogP contribution in [0.3, 0.4) is 0 Å². The zero-order valence-electron chi connectivity index (χ0n) is 13.6. The van der Waals surface area contributed by atoms with Crippen LogP contribution in [-0.4, -0.2) is 39.3 Å². The van der Waals surface area contributed by atoms with Gasteiger partial charge in [-0.1, -0.05) is 53.4 Å². The maximum Gasteiger partial charge on any atom is 0.191 e. The van der Waals surface area contributed by atoms with Crippen LogP contribution in [0.4, 0.5) is 10.9 Å². The van der Waals surface area contributed by atoms with Crippen molar-refractivity contribution in [1.82, 2.24) is 15.0 Å². The van der Waals surface area contributed by atoms with E-state index >= 15 is 0 Å². The molecule has 6 nitrogen and oxygen atoms in total. The van der Waals surface area contributed by atoms with Gasteiger partial charge < -0.3 is 15.7 Å². The number of piperidine rings is 1. The van der Waals surface area contributed by atoms with E-state index in [9.17, 15) is 5.11 Å². The molecule has 3 heterocycles. The Balaban J connectivity index is 1.65. The molecule has 3 aromatic rings. The number of nitrogen functional groups attached to an aromatic ring is 1. The number of anilines is 2. The van der Waals surface area contributed by atoms with Crippen LogP contribution < -0.4 is 10.6 Å². The first kappa shape index (κ1) is 16.6. The van der Waals surface area contributed by atoms with E-state index < -0.39 is 0 Å². The molecule has 1 saturated heterocycles. The van der Waals surface area contributed by atoms with Crippen molar-refractivity contribution in [1.29, 1.82) is 0 Å². The molecular formula is C17H19N5OS2. The summed E-state index contributed by atoms with van der Waals surface area (Å²) < 4.78 is 0.899. The molecule has 2 aromatic heterocycles. The van der Waals surface area contributed by atoms with Gasteiger partial charge >= 0.3 is 0 Å². The molecular weight excluding hydrogens is 354 g/mol. The molecule has 0 radical (unpaired) electrons. The van der Waals surface area contributed by atoms with Gasteiger partial charge in [-0.25, -0.2) is 15.0 Å². The van der Waals surface area contributed by atoms with Gasteiger partial charge in [0.15, 0.2) is 21.8 Å². The van der Waals surface area contributed by atoms with E-state index in [1.54, 1.807) is 11.8 Å². The summed E-state index contributed by atoms with van der Waals surface area (Å²) in [6, 6.07) is 10.3. The summed E-state index contributed by atoms with van der Waals surface area (Å²) in [4.78, 5) is 15.8. The number of rotatable bonds is 4. The number of β-amino-alcohol motifs (C(OH)–C–C–N with tert-alkyl or cyclic N) is 1. The summed E-state index contributed by atoms with van der Waals surface area (Å²) in [5.41, 5.74) is 7.76. The molecule has 1 fully saturated rings. The lowest BCUT2D eigenvalue weighted by molar-refractivity contribution is 0.154. The van der Waals surface area contributed by atoms with E-state index in [0.29, 0.717) is 22.5 Å². The third kappa shape index (κ3) is 3.70. The van der Waals surface area contributed by atoms with Crippen molar-refractivity contribution in [2.45, 2.75) is 29.9 Å². The van der Waals surface area contributed by atoms with Gasteiger partial charge in [-0.15, -0.1) is 0 Å². The number of benzene rings is 1. The monoisotopic (exact) mass is 373 g/mol. The molecule has 4 rings (SSSR count). The first-order valence-electron chi connectivity index (χ1n) is 8.23. The highest BCUT2D eigenvalue weighted by Crippen LogP contribution is 2.34. The minimum absolute atomic E-state index is 0.315. The van der Waals surface area contributed by atoms with Crippen LogP contribution in [0.2, 0.25) is 0 Å². The number of hydrogen-bond donors (Lipinski definition) is 2. The summed E-state index contributed by atoms with van der Waals surface area (Å²) in [5, 5.41) is 11.2. The normalized spacial score (nSPS) is 18.0. The van der Waals surface area contributed by atoms with Crippen molar-refractivity contribution < 1.29 is 5.11 Å².